The van der Waals surface area contributed by atoms with Crippen LogP contribution >= 0.6 is 0 Å². The Balaban J connectivity index is 1.30. The molecule has 9 heteroatoms. The summed E-state index contributed by atoms with van der Waals surface area (Å²) in [4.78, 5) is 20.6. The minimum atomic E-state index is -0.755. The molecule has 0 aliphatic rings. The monoisotopic (exact) mass is 542 g/mol. The third kappa shape index (κ3) is 8.26. The summed E-state index contributed by atoms with van der Waals surface area (Å²) in [5.74, 6) is 0.771. The Kier molecular flexibility index (Phi) is 9.66. The lowest BCUT2D eigenvalue weighted by Crippen LogP contribution is -2.38. The molecule has 0 spiro atoms. The van der Waals surface area contributed by atoms with Gasteiger partial charge in [0.05, 0.1) is 5.56 Å². The number of aliphatic hydroxyl groups excluding tert-OH is 1. The first kappa shape index (κ1) is 28.5. The number of nitrogens with two attached hydrogens (primary N) is 1. The number of phenols is 1. The zero-order chi connectivity index (χ0) is 28.5. The van der Waals surface area contributed by atoms with Crippen LogP contribution in [0, 0.1) is 13.8 Å². The standard InChI is InChI=1S/C31H34N4O5/c1-20-14-21(2)35-31(34-20)23-8-10-25(11-9-23)39-19-24(36)17-33-18-27(15-22-6-4-3-5-7-22)40-26-12-13-29(37)28(16-26)30(32)38/h3-14,16,24,27,33,36-37H,15,17-19H2,1-2H3,(H2,32,38). The molecule has 3 aromatic carbocycles. The Labute approximate surface area is 233 Å². The van der Waals surface area contributed by atoms with Gasteiger partial charge in [-0.1, -0.05) is 30.3 Å². The maximum atomic E-state index is 11.6. The molecule has 9 nitrogen and oxygen atoms in total. The first-order chi connectivity index (χ1) is 19.3. The quantitative estimate of drug-likeness (QED) is 0.201. The Morgan fingerprint density at radius 3 is 2.27 bits per heavy atom. The van der Waals surface area contributed by atoms with E-state index in [4.69, 9.17) is 15.2 Å². The van der Waals surface area contributed by atoms with Gasteiger partial charge in [0, 0.05) is 36.5 Å². The van der Waals surface area contributed by atoms with E-state index < -0.39 is 12.0 Å². The lowest BCUT2D eigenvalue weighted by atomic mass is 10.1. The molecule has 4 aromatic rings. The van der Waals surface area contributed by atoms with Crippen LogP contribution in [0.4, 0.5) is 0 Å². The average molecular weight is 543 g/mol. The summed E-state index contributed by atoms with van der Waals surface area (Å²) < 4.78 is 11.9. The van der Waals surface area contributed by atoms with Crippen LogP contribution in [0.2, 0.25) is 0 Å². The molecule has 2 unspecified atom stereocenters. The van der Waals surface area contributed by atoms with Crippen molar-refractivity contribution in [1.29, 1.82) is 0 Å². The number of aliphatic hydroxyl groups is 1. The molecule has 0 bridgehead atoms. The van der Waals surface area contributed by atoms with Crippen molar-refractivity contribution in [2.75, 3.05) is 19.7 Å². The second-order valence-corrected chi connectivity index (χ2v) is 9.59. The Morgan fingerprint density at radius 1 is 0.925 bits per heavy atom. The minimum absolute atomic E-state index is 0.00829. The van der Waals surface area contributed by atoms with Gasteiger partial charge in [0.2, 0.25) is 0 Å². The van der Waals surface area contributed by atoms with Crippen molar-refractivity contribution >= 4 is 5.91 Å². The molecule has 208 valence electrons. The summed E-state index contributed by atoms with van der Waals surface area (Å²) >= 11 is 0. The summed E-state index contributed by atoms with van der Waals surface area (Å²) in [6, 6.07) is 23.6. The number of aryl methyl sites for hydroxylation is 2. The van der Waals surface area contributed by atoms with Crippen LogP contribution in [-0.2, 0) is 6.42 Å². The van der Waals surface area contributed by atoms with Crippen LogP contribution in [0.3, 0.4) is 0 Å². The smallest absolute Gasteiger partial charge is 0.252 e. The maximum Gasteiger partial charge on any atom is 0.252 e. The van der Waals surface area contributed by atoms with Gasteiger partial charge in [0.15, 0.2) is 5.82 Å². The zero-order valence-electron chi connectivity index (χ0n) is 22.6. The first-order valence-electron chi connectivity index (χ1n) is 13.0. The number of aromatic hydroxyl groups is 1. The molecule has 0 aliphatic carbocycles. The normalized spacial score (nSPS) is 12.5. The highest BCUT2D eigenvalue weighted by molar-refractivity contribution is 5.95. The molecule has 1 heterocycles. The third-order valence-electron chi connectivity index (χ3n) is 6.13. The molecule has 0 aliphatic heterocycles. The summed E-state index contributed by atoms with van der Waals surface area (Å²) in [5.41, 5.74) is 9.13. The fourth-order valence-corrected chi connectivity index (χ4v) is 4.23. The van der Waals surface area contributed by atoms with Crippen molar-refractivity contribution in [3.63, 3.8) is 0 Å². The van der Waals surface area contributed by atoms with Crippen LogP contribution in [0.5, 0.6) is 17.2 Å². The Morgan fingerprint density at radius 2 is 1.60 bits per heavy atom. The summed E-state index contributed by atoms with van der Waals surface area (Å²) in [7, 11) is 0. The molecular formula is C31H34N4O5. The van der Waals surface area contributed by atoms with E-state index in [1.165, 1.54) is 12.1 Å². The number of aromatic nitrogens is 2. The van der Waals surface area contributed by atoms with Gasteiger partial charge in [-0.25, -0.2) is 9.97 Å². The van der Waals surface area contributed by atoms with Crippen molar-refractivity contribution in [3.05, 3.63) is 101 Å². The molecular weight excluding hydrogens is 508 g/mol. The van der Waals surface area contributed by atoms with E-state index in [1.54, 1.807) is 6.07 Å². The maximum absolute atomic E-state index is 11.6. The number of carbonyl (C=O) groups is 1. The van der Waals surface area contributed by atoms with Gasteiger partial charge in [0.25, 0.3) is 5.91 Å². The highest BCUT2D eigenvalue weighted by Crippen LogP contribution is 2.24. The fraction of sp³-hybridized carbons (Fsp3) is 0.258. The molecule has 40 heavy (non-hydrogen) atoms. The molecule has 0 saturated heterocycles. The number of hydrogen-bond acceptors (Lipinski definition) is 8. The van der Waals surface area contributed by atoms with Crippen LogP contribution in [0.15, 0.2) is 78.9 Å². The number of primary amides is 1. The number of benzene rings is 3. The molecule has 1 aromatic heterocycles. The van der Waals surface area contributed by atoms with Gasteiger partial charge in [-0.15, -0.1) is 0 Å². The Hall–Kier alpha value is -4.47. The second-order valence-electron chi connectivity index (χ2n) is 9.59. The molecule has 0 fully saturated rings. The number of rotatable bonds is 13. The van der Waals surface area contributed by atoms with Gasteiger partial charge < -0.3 is 30.7 Å². The van der Waals surface area contributed by atoms with E-state index in [2.05, 4.69) is 15.3 Å². The van der Waals surface area contributed by atoms with Gasteiger partial charge in [-0.05, 0) is 67.9 Å². The number of carbonyl (C=O) groups excluding carboxylic acids is 1. The lowest BCUT2D eigenvalue weighted by molar-refractivity contribution is 0.0992. The molecule has 0 saturated carbocycles. The van der Waals surface area contributed by atoms with E-state index in [-0.39, 0.29) is 30.6 Å². The van der Waals surface area contributed by atoms with Crippen LogP contribution in [0.25, 0.3) is 11.4 Å². The van der Waals surface area contributed by atoms with Crippen molar-refractivity contribution in [1.82, 2.24) is 15.3 Å². The highest BCUT2D eigenvalue weighted by atomic mass is 16.5. The van der Waals surface area contributed by atoms with Crippen molar-refractivity contribution in [2.45, 2.75) is 32.5 Å². The van der Waals surface area contributed by atoms with Crippen molar-refractivity contribution in [3.8, 4) is 28.6 Å². The van der Waals surface area contributed by atoms with Crippen molar-refractivity contribution < 1.29 is 24.5 Å². The minimum Gasteiger partial charge on any atom is -0.507 e. The van der Waals surface area contributed by atoms with Gasteiger partial charge in [-0.2, -0.15) is 0 Å². The van der Waals surface area contributed by atoms with E-state index in [0.29, 0.717) is 30.3 Å². The van der Waals surface area contributed by atoms with Crippen LogP contribution < -0.4 is 20.5 Å². The summed E-state index contributed by atoms with van der Waals surface area (Å²) in [6.45, 7) is 4.69. The largest absolute Gasteiger partial charge is 0.507 e. The van der Waals surface area contributed by atoms with E-state index in [0.717, 1.165) is 22.5 Å². The second kappa shape index (κ2) is 13.5. The number of ether oxygens (including phenoxy) is 2. The summed E-state index contributed by atoms with van der Waals surface area (Å²) in [5, 5.41) is 23.6. The van der Waals surface area contributed by atoms with E-state index in [9.17, 15) is 15.0 Å². The highest BCUT2D eigenvalue weighted by Gasteiger charge is 2.16. The Bertz CT molecular complexity index is 1390. The van der Waals surface area contributed by atoms with E-state index in [1.807, 2.05) is 74.5 Å². The van der Waals surface area contributed by atoms with Gasteiger partial charge in [0.1, 0.15) is 36.1 Å². The molecule has 4 rings (SSSR count). The summed E-state index contributed by atoms with van der Waals surface area (Å²) in [6.07, 6.45) is -0.486. The predicted octanol–water partition coefficient (Wildman–Crippen LogP) is 3.58. The predicted molar refractivity (Wildman–Crippen MR) is 153 cm³/mol. The fourth-order valence-electron chi connectivity index (χ4n) is 4.23. The SMILES string of the molecule is Cc1cc(C)nc(-c2ccc(OCC(O)CNCC(Cc3ccccc3)Oc3ccc(O)c(C(N)=O)c3)cc2)n1. The molecule has 5 N–H and O–H groups in total. The molecule has 2 atom stereocenters. The zero-order valence-corrected chi connectivity index (χ0v) is 22.6. The molecule has 0 radical (unpaired) electrons. The van der Waals surface area contributed by atoms with Crippen LogP contribution in [-0.4, -0.2) is 58.0 Å². The third-order valence-corrected chi connectivity index (χ3v) is 6.13. The van der Waals surface area contributed by atoms with Gasteiger partial charge in [-0.3, -0.25) is 4.79 Å². The number of hydrogen-bond donors (Lipinski definition) is 4. The topological polar surface area (TPSA) is 140 Å². The lowest BCUT2D eigenvalue weighted by Gasteiger charge is -2.21. The van der Waals surface area contributed by atoms with Crippen molar-refractivity contribution in [2.24, 2.45) is 5.73 Å². The average Bonchev–Trinajstić information content (AvgIpc) is 2.93. The van der Waals surface area contributed by atoms with Crippen LogP contribution in [0.1, 0.15) is 27.3 Å². The number of amides is 1. The van der Waals surface area contributed by atoms with Gasteiger partial charge >= 0.3 is 0 Å². The molecule has 1 amide bonds. The first-order valence-corrected chi connectivity index (χ1v) is 13.0. The van der Waals surface area contributed by atoms with E-state index >= 15 is 0 Å². The number of nitrogens with zero attached hydrogens (tertiary/aromatic N) is 2. The number of nitrogens with one attached hydrogen (secondary N) is 1.